The Morgan fingerprint density at radius 2 is 1.79 bits per heavy atom. The van der Waals surface area contributed by atoms with Gasteiger partial charge in [0.15, 0.2) is 0 Å². The van der Waals surface area contributed by atoms with E-state index < -0.39 is 5.97 Å². The Kier molecular flexibility index (Phi) is 6.75. The van der Waals surface area contributed by atoms with Gasteiger partial charge in [0, 0.05) is 28.6 Å². The van der Waals surface area contributed by atoms with Gasteiger partial charge in [0.25, 0.3) is 0 Å². The summed E-state index contributed by atoms with van der Waals surface area (Å²) in [7, 11) is 1.65. The maximum atomic E-state index is 14.4. The van der Waals surface area contributed by atoms with Crippen LogP contribution in [-0.2, 0) is 19.5 Å². The highest BCUT2D eigenvalue weighted by molar-refractivity contribution is 5.98. The molecule has 0 aliphatic rings. The lowest BCUT2D eigenvalue weighted by atomic mass is 10.1. The Bertz CT molecular complexity index is 1300. The molecule has 0 aliphatic heterocycles. The third-order valence-corrected chi connectivity index (χ3v) is 5.88. The number of rotatable bonds is 9. The van der Waals surface area contributed by atoms with Gasteiger partial charge in [0.2, 0.25) is 0 Å². The minimum atomic E-state index is -1.03. The highest BCUT2D eigenvalue weighted by Gasteiger charge is 2.23. The zero-order valence-corrected chi connectivity index (χ0v) is 18.8. The predicted octanol–water partition coefficient (Wildman–Crippen LogP) is 5.18. The molecule has 33 heavy (non-hydrogen) atoms. The van der Waals surface area contributed by atoms with Gasteiger partial charge in [0.1, 0.15) is 17.3 Å². The number of aryl methyl sites for hydroxylation is 1. The standard InChI is InChI=1S/C27H27FN2O3/c1-18-11-12-21-22(16-29-14-13-19-7-4-6-10-25(19)33-2)26(27(31)32)30(24(21)15-18)17-20-8-3-5-9-23(20)28/h3-12,15,29H,13-14,16-17H2,1-2H3,(H,31,32). The summed E-state index contributed by atoms with van der Waals surface area (Å²) in [6.45, 7) is 3.16. The molecule has 0 bridgehead atoms. The molecule has 4 aromatic rings. The van der Waals surface area contributed by atoms with E-state index in [1.54, 1.807) is 29.9 Å². The number of carbonyl (C=O) groups is 1. The molecule has 1 aromatic heterocycles. The summed E-state index contributed by atoms with van der Waals surface area (Å²) < 4.78 is 21.5. The Morgan fingerprint density at radius 3 is 2.52 bits per heavy atom. The van der Waals surface area contributed by atoms with Crippen molar-refractivity contribution in [2.45, 2.75) is 26.4 Å². The number of carboxylic acid groups (broad SMARTS) is 1. The maximum Gasteiger partial charge on any atom is 0.352 e. The molecule has 0 amide bonds. The third kappa shape index (κ3) is 4.76. The van der Waals surface area contributed by atoms with E-state index in [0.717, 1.165) is 34.2 Å². The van der Waals surface area contributed by atoms with Crippen LogP contribution in [0.5, 0.6) is 5.75 Å². The molecule has 0 saturated carbocycles. The molecule has 4 rings (SSSR count). The number of carboxylic acids is 1. The van der Waals surface area contributed by atoms with Crippen LogP contribution in [0.15, 0.2) is 66.7 Å². The van der Waals surface area contributed by atoms with Crippen molar-refractivity contribution in [2.24, 2.45) is 0 Å². The Hall–Kier alpha value is -3.64. The summed E-state index contributed by atoms with van der Waals surface area (Å²) in [6, 6.07) is 20.2. The van der Waals surface area contributed by atoms with E-state index >= 15 is 0 Å². The van der Waals surface area contributed by atoms with Crippen LogP contribution in [0.25, 0.3) is 10.9 Å². The van der Waals surface area contributed by atoms with Gasteiger partial charge in [-0.15, -0.1) is 0 Å². The van der Waals surface area contributed by atoms with Crippen LogP contribution < -0.4 is 10.1 Å². The first kappa shape index (κ1) is 22.6. The quantitative estimate of drug-likeness (QED) is 0.348. The SMILES string of the molecule is COc1ccccc1CCNCc1c(C(=O)O)n(Cc2ccccc2F)c2cc(C)ccc12. The number of ether oxygens (including phenoxy) is 1. The van der Waals surface area contributed by atoms with E-state index in [1.165, 1.54) is 6.07 Å². The van der Waals surface area contributed by atoms with E-state index in [1.807, 2.05) is 49.4 Å². The number of hydrogen-bond donors (Lipinski definition) is 2. The second-order valence-corrected chi connectivity index (χ2v) is 8.07. The van der Waals surface area contributed by atoms with E-state index in [0.29, 0.717) is 24.2 Å². The lowest BCUT2D eigenvalue weighted by molar-refractivity contribution is 0.0684. The van der Waals surface area contributed by atoms with Crippen molar-refractivity contribution in [3.05, 3.63) is 100 Å². The smallest absolute Gasteiger partial charge is 0.352 e. The van der Waals surface area contributed by atoms with Crippen LogP contribution in [-0.4, -0.2) is 29.3 Å². The van der Waals surface area contributed by atoms with Crippen LogP contribution in [0.1, 0.15) is 32.7 Å². The molecule has 3 aromatic carbocycles. The van der Waals surface area contributed by atoms with E-state index in [4.69, 9.17) is 4.74 Å². The molecule has 0 spiro atoms. The van der Waals surface area contributed by atoms with Gasteiger partial charge in [-0.25, -0.2) is 9.18 Å². The fraction of sp³-hybridized carbons (Fsp3) is 0.222. The molecule has 0 fully saturated rings. The van der Waals surface area contributed by atoms with Gasteiger partial charge in [0.05, 0.1) is 13.7 Å². The molecular weight excluding hydrogens is 419 g/mol. The van der Waals surface area contributed by atoms with Crippen LogP contribution in [0.4, 0.5) is 4.39 Å². The van der Waals surface area contributed by atoms with Crippen molar-refractivity contribution in [2.75, 3.05) is 13.7 Å². The minimum Gasteiger partial charge on any atom is -0.496 e. The average Bonchev–Trinajstić information content (AvgIpc) is 3.11. The molecule has 1 heterocycles. The Labute approximate surface area is 192 Å². The number of para-hydroxylation sites is 1. The van der Waals surface area contributed by atoms with Gasteiger partial charge in [-0.2, -0.15) is 0 Å². The maximum absolute atomic E-state index is 14.4. The monoisotopic (exact) mass is 446 g/mol. The lowest BCUT2D eigenvalue weighted by Gasteiger charge is -2.11. The van der Waals surface area contributed by atoms with Crippen molar-refractivity contribution >= 4 is 16.9 Å². The number of aromatic carboxylic acids is 1. The Morgan fingerprint density at radius 1 is 1.06 bits per heavy atom. The van der Waals surface area contributed by atoms with E-state index in [-0.39, 0.29) is 18.1 Å². The topological polar surface area (TPSA) is 63.5 Å². The molecule has 170 valence electrons. The van der Waals surface area contributed by atoms with Gasteiger partial charge in [-0.3, -0.25) is 0 Å². The zero-order valence-electron chi connectivity index (χ0n) is 18.8. The van der Waals surface area contributed by atoms with Crippen molar-refractivity contribution < 1.29 is 19.0 Å². The summed E-state index contributed by atoms with van der Waals surface area (Å²) in [4.78, 5) is 12.4. The summed E-state index contributed by atoms with van der Waals surface area (Å²) in [5, 5.41) is 14.4. The average molecular weight is 447 g/mol. The molecule has 0 atom stereocenters. The second kappa shape index (κ2) is 9.88. The molecule has 0 aliphatic carbocycles. The predicted molar refractivity (Wildman–Crippen MR) is 128 cm³/mol. The molecular formula is C27H27FN2O3. The summed E-state index contributed by atoms with van der Waals surface area (Å²) in [6.07, 6.45) is 0.749. The third-order valence-electron chi connectivity index (χ3n) is 5.88. The number of hydrogen-bond acceptors (Lipinski definition) is 3. The number of nitrogens with zero attached hydrogens (tertiary/aromatic N) is 1. The summed E-state index contributed by atoms with van der Waals surface area (Å²) >= 11 is 0. The number of nitrogens with one attached hydrogen (secondary N) is 1. The minimum absolute atomic E-state index is 0.148. The number of benzene rings is 3. The summed E-state index contributed by atoms with van der Waals surface area (Å²) in [5.41, 5.74) is 4.23. The lowest BCUT2D eigenvalue weighted by Crippen LogP contribution is -2.20. The normalized spacial score (nSPS) is 11.1. The van der Waals surface area contributed by atoms with E-state index in [2.05, 4.69) is 5.32 Å². The second-order valence-electron chi connectivity index (χ2n) is 8.07. The highest BCUT2D eigenvalue weighted by Crippen LogP contribution is 2.29. The number of fused-ring (bicyclic) bond motifs is 1. The van der Waals surface area contributed by atoms with Crippen molar-refractivity contribution in [3.63, 3.8) is 0 Å². The molecule has 0 unspecified atom stereocenters. The number of aromatic nitrogens is 1. The fourth-order valence-corrected chi connectivity index (χ4v) is 4.26. The summed E-state index contributed by atoms with van der Waals surface area (Å²) in [5.74, 6) is -0.538. The molecule has 6 heteroatoms. The molecule has 0 saturated heterocycles. The molecule has 2 N–H and O–H groups in total. The van der Waals surface area contributed by atoms with Gasteiger partial charge in [-0.1, -0.05) is 48.5 Å². The van der Waals surface area contributed by atoms with Gasteiger partial charge in [-0.05, 0) is 49.2 Å². The van der Waals surface area contributed by atoms with Crippen LogP contribution >= 0.6 is 0 Å². The Balaban J connectivity index is 1.65. The molecule has 5 nitrogen and oxygen atoms in total. The first-order valence-electron chi connectivity index (χ1n) is 10.9. The van der Waals surface area contributed by atoms with Gasteiger partial charge >= 0.3 is 5.97 Å². The first-order valence-corrected chi connectivity index (χ1v) is 10.9. The van der Waals surface area contributed by atoms with E-state index in [9.17, 15) is 14.3 Å². The van der Waals surface area contributed by atoms with Crippen LogP contribution in [0.2, 0.25) is 0 Å². The number of methoxy groups -OCH3 is 1. The largest absolute Gasteiger partial charge is 0.496 e. The van der Waals surface area contributed by atoms with Crippen LogP contribution in [0, 0.1) is 12.7 Å². The van der Waals surface area contributed by atoms with Gasteiger partial charge < -0.3 is 19.7 Å². The first-order chi connectivity index (χ1) is 16.0. The highest BCUT2D eigenvalue weighted by atomic mass is 19.1. The van der Waals surface area contributed by atoms with Crippen molar-refractivity contribution in [3.8, 4) is 5.75 Å². The number of halogens is 1. The van der Waals surface area contributed by atoms with Crippen molar-refractivity contribution in [1.29, 1.82) is 0 Å². The van der Waals surface area contributed by atoms with Crippen LogP contribution in [0.3, 0.4) is 0 Å². The molecule has 0 radical (unpaired) electrons. The fourth-order valence-electron chi connectivity index (χ4n) is 4.26. The zero-order chi connectivity index (χ0) is 23.4. The van der Waals surface area contributed by atoms with Crippen molar-refractivity contribution in [1.82, 2.24) is 9.88 Å².